The number of hydrogen-bond donors (Lipinski definition) is 0. The van der Waals surface area contributed by atoms with E-state index in [9.17, 15) is 0 Å². The lowest BCUT2D eigenvalue weighted by Gasteiger charge is -2.41. The minimum absolute atomic E-state index is 0.161. The molecule has 37 heavy (non-hydrogen) atoms. The Morgan fingerprint density at radius 2 is 1.24 bits per heavy atom. The van der Waals surface area contributed by atoms with Crippen LogP contribution in [0.4, 0.5) is 5.69 Å². The third kappa shape index (κ3) is 4.60. The van der Waals surface area contributed by atoms with E-state index in [2.05, 4.69) is 134 Å². The first-order valence-corrected chi connectivity index (χ1v) is 13.8. The van der Waals surface area contributed by atoms with Gasteiger partial charge in [0.15, 0.2) is 0 Å². The van der Waals surface area contributed by atoms with Crippen LogP contribution in [-0.2, 0) is 12.8 Å². The summed E-state index contributed by atoms with van der Waals surface area (Å²) in [5, 5.41) is 0. The van der Waals surface area contributed by atoms with Gasteiger partial charge in [-0.1, -0.05) is 77.9 Å². The highest BCUT2D eigenvalue weighted by atomic mass is 15.4. The molecule has 1 unspecified atom stereocenters. The van der Waals surface area contributed by atoms with Crippen LogP contribution in [0.2, 0.25) is 0 Å². The smallest absolute Gasteiger partial charge is 0.133 e. The Labute approximate surface area is 225 Å². The first kappa shape index (κ1) is 25.6. The maximum Gasteiger partial charge on any atom is 0.133 e. The van der Waals surface area contributed by atoms with E-state index >= 15 is 0 Å². The van der Waals surface area contributed by atoms with Gasteiger partial charge in [0.1, 0.15) is 6.17 Å². The first-order valence-electron chi connectivity index (χ1n) is 13.8. The van der Waals surface area contributed by atoms with E-state index in [4.69, 9.17) is 0 Å². The summed E-state index contributed by atoms with van der Waals surface area (Å²) in [6.07, 6.45) is 4.69. The molecule has 0 bridgehead atoms. The molecule has 0 saturated heterocycles. The molecule has 0 spiro atoms. The summed E-state index contributed by atoms with van der Waals surface area (Å²) in [4.78, 5) is 5.05. The maximum absolute atomic E-state index is 2.63. The van der Waals surface area contributed by atoms with Gasteiger partial charge in [-0.2, -0.15) is 0 Å². The van der Waals surface area contributed by atoms with Gasteiger partial charge in [0.05, 0.1) is 11.4 Å². The number of rotatable bonds is 3. The third-order valence-electron chi connectivity index (χ3n) is 7.84. The first-order chi connectivity index (χ1) is 17.2. The molecule has 2 heteroatoms. The fourth-order valence-corrected chi connectivity index (χ4v) is 6.46. The standard InChI is InChI=1S/C35H44N2/c1-22-13-11-14-23(2)31(22)30-21-36(10)33-32-24(3)15-12-16-27(32)28-17-25(19-34(4,5)6)26(20-35(7,8)9)18-29(28)37(30)33/h11-18,21,33H,19-20H2,1-10H3. The highest BCUT2D eigenvalue weighted by Gasteiger charge is 2.41. The Morgan fingerprint density at radius 3 is 1.84 bits per heavy atom. The maximum atomic E-state index is 2.63. The minimum atomic E-state index is 0.161. The van der Waals surface area contributed by atoms with Crippen LogP contribution in [0.15, 0.2) is 54.7 Å². The molecule has 194 valence electrons. The molecule has 2 heterocycles. The Kier molecular flexibility index (Phi) is 6.09. The summed E-state index contributed by atoms with van der Waals surface area (Å²) in [6, 6.07) is 18.6. The molecule has 0 fully saturated rings. The SMILES string of the molecule is Cc1cccc(C)c1C1=CN(C)C2c3c(C)cccc3-c3cc(CC(C)(C)C)c(CC(C)(C)C)cc3N12. The van der Waals surface area contributed by atoms with Gasteiger partial charge >= 0.3 is 0 Å². The average Bonchev–Trinajstić information content (AvgIpc) is 3.09. The van der Waals surface area contributed by atoms with Crippen molar-refractivity contribution in [2.45, 2.75) is 81.3 Å². The summed E-state index contributed by atoms with van der Waals surface area (Å²) in [6.45, 7) is 20.9. The molecule has 0 amide bonds. The second-order valence-electron chi connectivity index (χ2n) is 13.8. The van der Waals surface area contributed by atoms with Gasteiger partial charge in [0.25, 0.3) is 0 Å². The average molecular weight is 493 g/mol. The zero-order chi connectivity index (χ0) is 26.9. The van der Waals surface area contributed by atoms with Gasteiger partial charge in [0, 0.05) is 29.9 Å². The fraction of sp³-hybridized carbons (Fsp3) is 0.429. The zero-order valence-corrected chi connectivity index (χ0v) is 24.6. The highest BCUT2D eigenvalue weighted by Crippen LogP contribution is 2.54. The van der Waals surface area contributed by atoms with Crippen LogP contribution in [0.25, 0.3) is 16.8 Å². The van der Waals surface area contributed by atoms with Gasteiger partial charge in [-0.05, 0) is 90.0 Å². The monoisotopic (exact) mass is 492 g/mol. The molecule has 0 radical (unpaired) electrons. The van der Waals surface area contributed by atoms with Gasteiger partial charge < -0.3 is 9.80 Å². The molecule has 0 aromatic heterocycles. The minimum Gasteiger partial charge on any atom is -0.354 e. The van der Waals surface area contributed by atoms with Crippen LogP contribution in [0, 0.1) is 31.6 Å². The van der Waals surface area contributed by atoms with Gasteiger partial charge in [-0.25, -0.2) is 0 Å². The van der Waals surface area contributed by atoms with Crippen LogP contribution < -0.4 is 4.90 Å². The van der Waals surface area contributed by atoms with Gasteiger partial charge in [-0.3, -0.25) is 0 Å². The summed E-state index contributed by atoms with van der Waals surface area (Å²) in [5.41, 5.74) is 15.7. The molecule has 0 saturated carbocycles. The molecule has 0 aliphatic carbocycles. The number of hydrogen-bond acceptors (Lipinski definition) is 2. The van der Waals surface area contributed by atoms with E-state index < -0.39 is 0 Å². The molecule has 2 nitrogen and oxygen atoms in total. The van der Waals surface area contributed by atoms with E-state index in [-0.39, 0.29) is 17.0 Å². The van der Waals surface area contributed by atoms with E-state index in [1.54, 1.807) is 0 Å². The van der Waals surface area contributed by atoms with Crippen molar-refractivity contribution in [2.75, 3.05) is 11.9 Å². The molecule has 3 aromatic rings. The van der Waals surface area contributed by atoms with E-state index in [1.807, 2.05) is 0 Å². The van der Waals surface area contributed by atoms with Crippen molar-refractivity contribution >= 4 is 11.4 Å². The van der Waals surface area contributed by atoms with Crippen molar-refractivity contribution in [3.63, 3.8) is 0 Å². The summed E-state index contributed by atoms with van der Waals surface area (Å²) in [7, 11) is 2.24. The molecule has 2 aliphatic rings. The Balaban J connectivity index is 1.81. The number of anilines is 1. The number of nitrogens with zero attached hydrogens (tertiary/aromatic N) is 2. The fourth-order valence-electron chi connectivity index (χ4n) is 6.46. The molecule has 5 rings (SSSR count). The molecule has 2 aliphatic heterocycles. The molecule has 3 aromatic carbocycles. The quantitative estimate of drug-likeness (QED) is 0.359. The molecule has 0 N–H and O–H groups in total. The van der Waals surface area contributed by atoms with Crippen molar-refractivity contribution in [3.8, 4) is 11.1 Å². The normalized spacial score (nSPS) is 16.9. The number of benzene rings is 3. The van der Waals surface area contributed by atoms with Crippen molar-refractivity contribution in [3.05, 3.63) is 93.7 Å². The lowest BCUT2D eigenvalue weighted by Crippen LogP contribution is -2.34. The lowest BCUT2D eigenvalue weighted by atomic mass is 9.78. The van der Waals surface area contributed by atoms with Crippen LogP contribution in [-0.4, -0.2) is 11.9 Å². The Bertz CT molecular complexity index is 1370. The van der Waals surface area contributed by atoms with Crippen molar-refractivity contribution in [2.24, 2.45) is 10.8 Å². The predicted octanol–water partition coefficient (Wildman–Crippen LogP) is 9.22. The number of aryl methyl sites for hydroxylation is 3. The third-order valence-corrected chi connectivity index (χ3v) is 7.84. The van der Waals surface area contributed by atoms with Gasteiger partial charge in [0.2, 0.25) is 0 Å². The van der Waals surface area contributed by atoms with Crippen molar-refractivity contribution < 1.29 is 0 Å². The van der Waals surface area contributed by atoms with Crippen LogP contribution in [0.5, 0.6) is 0 Å². The topological polar surface area (TPSA) is 6.48 Å². The second kappa shape index (κ2) is 8.79. The van der Waals surface area contributed by atoms with E-state index in [1.165, 1.54) is 61.5 Å². The Morgan fingerprint density at radius 1 is 0.703 bits per heavy atom. The predicted molar refractivity (Wildman–Crippen MR) is 160 cm³/mol. The van der Waals surface area contributed by atoms with Crippen molar-refractivity contribution in [1.82, 2.24) is 4.90 Å². The highest BCUT2D eigenvalue weighted by molar-refractivity contribution is 5.96. The van der Waals surface area contributed by atoms with E-state index in [0.717, 1.165) is 12.8 Å². The van der Waals surface area contributed by atoms with Gasteiger partial charge in [-0.15, -0.1) is 0 Å². The molecular formula is C35H44N2. The summed E-state index contributed by atoms with van der Waals surface area (Å²) < 4.78 is 0. The van der Waals surface area contributed by atoms with Crippen LogP contribution in [0.1, 0.15) is 86.7 Å². The van der Waals surface area contributed by atoms with E-state index in [0.29, 0.717) is 0 Å². The van der Waals surface area contributed by atoms with Crippen LogP contribution in [0.3, 0.4) is 0 Å². The molecule has 1 atom stereocenters. The zero-order valence-electron chi connectivity index (χ0n) is 24.6. The lowest BCUT2D eigenvalue weighted by molar-refractivity contribution is 0.365. The number of fused-ring (bicyclic) bond motifs is 6. The largest absolute Gasteiger partial charge is 0.354 e. The summed E-state index contributed by atoms with van der Waals surface area (Å²) >= 11 is 0. The van der Waals surface area contributed by atoms with Crippen molar-refractivity contribution in [1.29, 1.82) is 0 Å². The summed E-state index contributed by atoms with van der Waals surface area (Å²) in [5.74, 6) is 0. The van der Waals surface area contributed by atoms with Crippen LogP contribution >= 0.6 is 0 Å². The second-order valence-corrected chi connectivity index (χ2v) is 13.8. The Hall–Kier alpha value is -3.00. The molecular weight excluding hydrogens is 448 g/mol.